The molecule has 2 rings (SSSR count). The normalized spacial score (nSPS) is 11.8. The van der Waals surface area contributed by atoms with Crippen LogP contribution in [0.1, 0.15) is 10.4 Å². The zero-order valence-electron chi connectivity index (χ0n) is 8.51. The van der Waals surface area contributed by atoms with E-state index < -0.39 is 18.1 Å². The predicted molar refractivity (Wildman–Crippen MR) is 59.6 cm³/mol. The number of nitrogens with one attached hydrogen (secondary N) is 1. The average molecular weight is 324 g/mol. The minimum atomic E-state index is -4.85. The van der Waals surface area contributed by atoms with Crippen LogP contribution in [0.3, 0.4) is 0 Å². The molecule has 0 spiro atoms. The van der Waals surface area contributed by atoms with Crippen LogP contribution in [0.25, 0.3) is 10.9 Å². The Morgan fingerprint density at radius 2 is 2.06 bits per heavy atom. The summed E-state index contributed by atoms with van der Waals surface area (Å²) >= 11 is 3.00. The van der Waals surface area contributed by atoms with E-state index in [9.17, 15) is 18.0 Å². The highest BCUT2D eigenvalue weighted by Gasteiger charge is 2.32. The molecule has 0 atom stereocenters. The van der Waals surface area contributed by atoms with Crippen molar-refractivity contribution in [1.29, 1.82) is 0 Å². The molecule has 0 saturated carbocycles. The van der Waals surface area contributed by atoms with E-state index in [0.29, 0.717) is 0 Å². The number of alkyl halides is 3. The molecule has 1 aromatic heterocycles. The van der Waals surface area contributed by atoms with Gasteiger partial charge in [0.15, 0.2) is 5.75 Å². The molecule has 0 amide bonds. The van der Waals surface area contributed by atoms with Crippen LogP contribution in [0.15, 0.2) is 22.8 Å². The molecule has 0 bridgehead atoms. The van der Waals surface area contributed by atoms with E-state index in [1.54, 1.807) is 0 Å². The first-order valence-corrected chi connectivity index (χ1v) is 5.37. The van der Waals surface area contributed by atoms with Crippen LogP contribution in [-0.4, -0.2) is 22.4 Å². The van der Waals surface area contributed by atoms with E-state index in [1.807, 2.05) is 0 Å². The molecule has 18 heavy (non-hydrogen) atoms. The van der Waals surface area contributed by atoms with Gasteiger partial charge in [-0.2, -0.15) is 0 Å². The number of halogens is 4. The molecule has 2 aromatic rings. The molecular weight excluding hydrogens is 319 g/mol. The fourth-order valence-electron chi connectivity index (χ4n) is 1.55. The molecule has 4 nitrogen and oxygen atoms in total. The van der Waals surface area contributed by atoms with Crippen molar-refractivity contribution >= 4 is 32.8 Å². The van der Waals surface area contributed by atoms with Crippen LogP contribution >= 0.6 is 15.9 Å². The minimum absolute atomic E-state index is 0.0204. The molecule has 0 aliphatic carbocycles. The number of carboxylic acid groups (broad SMARTS) is 1. The Kier molecular flexibility index (Phi) is 2.97. The lowest BCUT2D eigenvalue weighted by Crippen LogP contribution is -2.17. The van der Waals surface area contributed by atoms with Gasteiger partial charge in [0, 0.05) is 16.1 Å². The smallest absolute Gasteiger partial charge is 0.478 e. The van der Waals surface area contributed by atoms with Crippen molar-refractivity contribution in [2.75, 3.05) is 0 Å². The molecule has 2 N–H and O–H groups in total. The molecule has 0 fully saturated rings. The summed E-state index contributed by atoms with van der Waals surface area (Å²) in [5.41, 5.74) is -0.147. The Labute approximate surface area is 106 Å². The van der Waals surface area contributed by atoms with Crippen molar-refractivity contribution in [3.63, 3.8) is 0 Å². The van der Waals surface area contributed by atoms with E-state index in [0.717, 1.165) is 12.3 Å². The van der Waals surface area contributed by atoms with E-state index in [4.69, 9.17) is 5.11 Å². The molecule has 0 aliphatic heterocycles. The lowest BCUT2D eigenvalue weighted by molar-refractivity contribution is -0.274. The quantitative estimate of drug-likeness (QED) is 0.888. The van der Waals surface area contributed by atoms with Gasteiger partial charge < -0.3 is 14.8 Å². The maximum absolute atomic E-state index is 12.2. The summed E-state index contributed by atoms with van der Waals surface area (Å²) in [6.07, 6.45) is -3.73. The zero-order chi connectivity index (χ0) is 13.5. The van der Waals surface area contributed by atoms with E-state index in [1.165, 1.54) is 6.07 Å². The minimum Gasteiger partial charge on any atom is -0.478 e. The van der Waals surface area contributed by atoms with Gasteiger partial charge in [0.1, 0.15) is 0 Å². The third kappa shape index (κ3) is 2.42. The predicted octanol–water partition coefficient (Wildman–Crippen LogP) is 3.53. The number of rotatable bonds is 2. The summed E-state index contributed by atoms with van der Waals surface area (Å²) < 4.78 is 40.7. The van der Waals surface area contributed by atoms with Crippen molar-refractivity contribution < 1.29 is 27.8 Å². The number of aromatic nitrogens is 1. The molecule has 1 aromatic carbocycles. The fraction of sp³-hybridized carbons (Fsp3) is 0.100. The highest BCUT2D eigenvalue weighted by atomic mass is 79.9. The largest absolute Gasteiger partial charge is 0.573 e. The summed E-state index contributed by atoms with van der Waals surface area (Å²) in [5.74, 6) is -1.73. The average Bonchev–Trinajstić information content (AvgIpc) is 2.58. The first-order valence-electron chi connectivity index (χ1n) is 4.57. The van der Waals surface area contributed by atoms with Gasteiger partial charge in [0.2, 0.25) is 0 Å². The van der Waals surface area contributed by atoms with Crippen molar-refractivity contribution in [2.45, 2.75) is 6.36 Å². The van der Waals surface area contributed by atoms with Gasteiger partial charge >= 0.3 is 12.3 Å². The van der Waals surface area contributed by atoms with E-state index in [-0.39, 0.29) is 20.9 Å². The Morgan fingerprint density at radius 3 is 2.61 bits per heavy atom. The third-order valence-electron chi connectivity index (χ3n) is 2.17. The second-order valence-corrected chi connectivity index (χ2v) is 4.30. The molecule has 0 saturated heterocycles. The lowest BCUT2D eigenvalue weighted by atomic mass is 10.1. The van der Waals surface area contributed by atoms with Gasteiger partial charge in [0.25, 0.3) is 0 Å². The molecule has 0 radical (unpaired) electrons. The SMILES string of the molecule is O=C(O)c1c[nH]c2c(OC(F)(F)F)cc(Br)cc12. The van der Waals surface area contributed by atoms with Gasteiger partial charge in [-0.1, -0.05) is 15.9 Å². The molecule has 0 unspecified atom stereocenters. The maximum Gasteiger partial charge on any atom is 0.573 e. The van der Waals surface area contributed by atoms with Crippen LogP contribution in [0, 0.1) is 0 Å². The number of hydrogen-bond donors (Lipinski definition) is 2. The zero-order valence-corrected chi connectivity index (χ0v) is 10.1. The van der Waals surface area contributed by atoms with Gasteiger partial charge in [-0.15, -0.1) is 13.2 Å². The second kappa shape index (κ2) is 4.20. The molecule has 8 heteroatoms. The molecular formula is C10H5BrF3NO3. The topological polar surface area (TPSA) is 62.3 Å². The fourth-order valence-corrected chi connectivity index (χ4v) is 1.98. The Hall–Kier alpha value is -1.70. The molecule has 0 aliphatic rings. The van der Waals surface area contributed by atoms with Gasteiger partial charge in [-0.05, 0) is 12.1 Å². The van der Waals surface area contributed by atoms with Crippen LogP contribution in [-0.2, 0) is 0 Å². The summed E-state index contributed by atoms with van der Waals surface area (Å²) in [5, 5.41) is 9.02. The Morgan fingerprint density at radius 1 is 1.39 bits per heavy atom. The van der Waals surface area contributed by atoms with Crippen LogP contribution < -0.4 is 4.74 Å². The number of carboxylic acids is 1. The summed E-state index contributed by atoms with van der Waals surface area (Å²) in [4.78, 5) is 13.3. The Balaban J connectivity index is 2.64. The summed E-state index contributed by atoms with van der Waals surface area (Å²) in [7, 11) is 0. The second-order valence-electron chi connectivity index (χ2n) is 3.38. The number of H-pyrrole nitrogens is 1. The number of hydrogen-bond acceptors (Lipinski definition) is 2. The number of aromatic amines is 1. The van der Waals surface area contributed by atoms with Gasteiger partial charge in [0.05, 0.1) is 11.1 Å². The number of carbonyl (C=O) groups is 1. The first kappa shape index (κ1) is 12.7. The van der Waals surface area contributed by atoms with Crippen LogP contribution in [0.4, 0.5) is 13.2 Å². The summed E-state index contributed by atoms with van der Waals surface area (Å²) in [6.45, 7) is 0. The van der Waals surface area contributed by atoms with E-state index >= 15 is 0 Å². The highest BCUT2D eigenvalue weighted by Crippen LogP contribution is 2.34. The maximum atomic E-state index is 12.2. The van der Waals surface area contributed by atoms with Crippen molar-refractivity contribution in [1.82, 2.24) is 4.98 Å². The number of benzene rings is 1. The Bertz CT molecular complexity index is 621. The monoisotopic (exact) mass is 323 g/mol. The number of aromatic carboxylic acids is 1. The number of fused-ring (bicyclic) bond motifs is 1. The number of ether oxygens (including phenoxy) is 1. The summed E-state index contributed by atoms with van der Waals surface area (Å²) in [6, 6.07) is 2.51. The van der Waals surface area contributed by atoms with Crippen LogP contribution in [0.2, 0.25) is 0 Å². The van der Waals surface area contributed by atoms with Gasteiger partial charge in [-0.25, -0.2) is 4.79 Å². The lowest BCUT2D eigenvalue weighted by Gasteiger charge is -2.10. The highest BCUT2D eigenvalue weighted by molar-refractivity contribution is 9.10. The van der Waals surface area contributed by atoms with Gasteiger partial charge in [-0.3, -0.25) is 0 Å². The van der Waals surface area contributed by atoms with Crippen molar-refractivity contribution in [3.05, 3.63) is 28.4 Å². The van der Waals surface area contributed by atoms with Crippen molar-refractivity contribution in [2.24, 2.45) is 0 Å². The van der Waals surface area contributed by atoms with Crippen LogP contribution in [0.5, 0.6) is 5.75 Å². The third-order valence-corrected chi connectivity index (χ3v) is 2.63. The molecule has 1 heterocycles. The van der Waals surface area contributed by atoms with Crippen molar-refractivity contribution in [3.8, 4) is 5.75 Å². The standard InChI is InChI=1S/C10H5BrF3NO3/c11-4-1-5-6(9(16)17)3-15-8(5)7(2-4)18-10(12,13)14/h1-3,15H,(H,16,17). The first-order chi connectivity index (χ1) is 8.28. The molecule has 96 valence electrons. The van der Waals surface area contributed by atoms with E-state index in [2.05, 4.69) is 25.7 Å².